The van der Waals surface area contributed by atoms with Crippen LogP contribution in [0.2, 0.25) is 5.04 Å². The molecule has 0 bridgehead atoms. The fourth-order valence-corrected chi connectivity index (χ4v) is 12.7. The van der Waals surface area contributed by atoms with Crippen molar-refractivity contribution in [2.75, 3.05) is 5.32 Å². The molecule has 1 fully saturated rings. The molecule has 0 saturated carbocycles. The molecule has 1 N–H and O–H groups in total. The summed E-state index contributed by atoms with van der Waals surface area (Å²) in [6, 6.07) is 35.2. The number of carbonyl (C=O) groups excluding carboxylic acids is 2. The van der Waals surface area contributed by atoms with Crippen molar-refractivity contribution in [3.63, 3.8) is 0 Å². The monoisotopic (exact) mass is 731 g/mol. The van der Waals surface area contributed by atoms with Gasteiger partial charge < -0.3 is 13.9 Å². The molecule has 53 heavy (non-hydrogen) atoms. The van der Waals surface area contributed by atoms with Gasteiger partial charge in [-0.05, 0) is 86.8 Å². The van der Waals surface area contributed by atoms with Crippen LogP contribution >= 0.6 is 0 Å². The number of amides is 1. The molecule has 0 radical (unpaired) electrons. The highest BCUT2D eigenvalue weighted by atomic mass is 28.4. The molecule has 0 aromatic heterocycles. The summed E-state index contributed by atoms with van der Waals surface area (Å²) in [6.07, 6.45) is 3.92. The van der Waals surface area contributed by atoms with Gasteiger partial charge in [0.05, 0.1) is 12.5 Å². The van der Waals surface area contributed by atoms with Gasteiger partial charge in [-0.1, -0.05) is 126 Å². The lowest BCUT2D eigenvalue weighted by Crippen LogP contribution is -2.68. The van der Waals surface area contributed by atoms with Crippen molar-refractivity contribution >= 4 is 42.0 Å². The number of esters is 1. The van der Waals surface area contributed by atoms with E-state index < -0.39 is 32.0 Å². The second-order valence-electron chi connectivity index (χ2n) is 15.9. The Morgan fingerprint density at radius 3 is 2.08 bits per heavy atom. The Balaban J connectivity index is 1.31. The summed E-state index contributed by atoms with van der Waals surface area (Å²) in [5.41, 5.74) is 3.60. The molecule has 6 rings (SSSR count). The van der Waals surface area contributed by atoms with Gasteiger partial charge in [0.1, 0.15) is 18.0 Å². The highest BCUT2D eigenvalue weighted by Gasteiger charge is 2.52. The van der Waals surface area contributed by atoms with Crippen LogP contribution in [-0.2, 0) is 18.7 Å². The lowest BCUT2D eigenvalue weighted by Gasteiger charge is -2.46. The van der Waals surface area contributed by atoms with E-state index in [1.54, 1.807) is 13.0 Å². The zero-order valence-electron chi connectivity index (χ0n) is 31.5. The maximum atomic E-state index is 14.5. The minimum atomic E-state index is -2.90. The number of anilines is 1. The van der Waals surface area contributed by atoms with Crippen LogP contribution < -0.4 is 15.7 Å². The standard InChI is InChI=1S/C45H50FNO5Si/c1-31-26-32(22-25-41(31)46)39-28-36(51-43(49)47-33-16-10-7-11-17-33)30-45(5,6)40(39)24-23-34-27-35(29-42(48)50-34)52-53(44(2,3)4,37-18-12-8-13-19-37)38-20-14-9-15-21-38/h7-26,34-36H,27-30H2,1-6H3,(H,47,49)/t34-,35-,36?/m1/s1. The third-order valence-electron chi connectivity index (χ3n) is 10.4. The van der Waals surface area contributed by atoms with Crippen LogP contribution in [0.4, 0.5) is 14.9 Å². The van der Waals surface area contributed by atoms with Gasteiger partial charge in [-0.3, -0.25) is 10.1 Å². The molecular formula is C45H50FNO5Si. The molecule has 6 nitrogen and oxygen atoms in total. The van der Waals surface area contributed by atoms with Crippen molar-refractivity contribution in [1.82, 2.24) is 0 Å². The van der Waals surface area contributed by atoms with Crippen molar-refractivity contribution in [3.05, 3.63) is 144 Å². The minimum Gasteiger partial charge on any atom is -0.458 e. The number of hydrogen-bond acceptors (Lipinski definition) is 5. The molecule has 1 amide bonds. The lowest BCUT2D eigenvalue weighted by atomic mass is 9.69. The molecule has 0 spiro atoms. The van der Waals surface area contributed by atoms with E-state index in [-0.39, 0.29) is 29.3 Å². The fourth-order valence-electron chi connectivity index (χ4n) is 7.98. The van der Waals surface area contributed by atoms with Gasteiger partial charge in [-0.25, -0.2) is 9.18 Å². The van der Waals surface area contributed by atoms with Crippen LogP contribution in [0.3, 0.4) is 0 Å². The van der Waals surface area contributed by atoms with Crippen molar-refractivity contribution in [3.8, 4) is 0 Å². The Labute approximate surface area is 314 Å². The van der Waals surface area contributed by atoms with E-state index in [4.69, 9.17) is 13.9 Å². The average Bonchev–Trinajstić information content (AvgIpc) is 3.11. The number of nitrogens with one attached hydrogen (secondary N) is 1. The Hall–Kier alpha value is -4.79. The molecule has 1 aliphatic heterocycles. The Kier molecular flexibility index (Phi) is 11.2. The smallest absolute Gasteiger partial charge is 0.411 e. The van der Waals surface area contributed by atoms with Gasteiger partial charge in [0.25, 0.3) is 8.32 Å². The van der Waals surface area contributed by atoms with Crippen LogP contribution in [-0.4, -0.2) is 38.7 Å². The van der Waals surface area contributed by atoms with Crippen LogP contribution in [0.1, 0.15) is 71.4 Å². The summed E-state index contributed by atoms with van der Waals surface area (Å²) < 4.78 is 33.8. The molecule has 2 aliphatic rings. The Morgan fingerprint density at radius 2 is 1.49 bits per heavy atom. The number of allylic oxidation sites excluding steroid dienone is 2. The fraction of sp³-hybridized carbons (Fsp3) is 0.333. The van der Waals surface area contributed by atoms with Gasteiger partial charge >= 0.3 is 12.1 Å². The number of para-hydroxylation sites is 1. The highest BCUT2D eigenvalue weighted by Crippen LogP contribution is 2.46. The van der Waals surface area contributed by atoms with E-state index in [1.165, 1.54) is 6.07 Å². The van der Waals surface area contributed by atoms with Crippen LogP contribution in [0.15, 0.2) is 127 Å². The summed E-state index contributed by atoms with van der Waals surface area (Å²) in [4.78, 5) is 26.3. The molecule has 1 unspecified atom stereocenters. The van der Waals surface area contributed by atoms with Crippen molar-refractivity contribution in [1.29, 1.82) is 0 Å². The predicted molar refractivity (Wildman–Crippen MR) is 212 cm³/mol. The van der Waals surface area contributed by atoms with Crippen molar-refractivity contribution < 1.29 is 27.9 Å². The topological polar surface area (TPSA) is 73.9 Å². The lowest BCUT2D eigenvalue weighted by molar-refractivity contribution is -0.155. The van der Waals surface area contributed by atoms with Crippen LogP contribution in [0.25, 0.3) is 5.57 Å². The normalized spacial score (nSPS) is 20.6. The van der Waals surface area contributed by atoms with E-state index in [0.29, 0.717) is 30.5 Å². The molecule has 1 saturated heterocycles. The Morgan fingerprint density at radius 1 is 0.887 bits per heavy atom. The summed E-state index contributed by atoms with van der Waals surface area (Å²) in [5.74, 6) is -0.574. The quantitative estimate of drug-likeness (QED) is 0.137. The predicted octanol–water partition coefficient (Wildman–Crippen LogP) is 9.53. The van der Waals surface area contributed by atoms with E-state index in [2.05, 4.69) is 94.5 Å². The number of ether oxygens (including phenoxy) is 2. The van der Waals surface area contributed by atoms with Gasteiger partial charge in [0.15, 0.2) is 0 Å². The van der Waals surface area contributed by atoms with Crippen LogP contribution in [0, 0.1) is 18.2 Å². The zero-order chi connectivity index (χ0) is 37.8. The number of aryl methyl sites for hydroxylation is 1. The molecule has 276 valence electrons. The summed E-state index contributed by atoms with van der Waals surface area (Å²) in [6.45, 7) is 12.7. The van der Waals surface area contributed by atoms with Crippen LogP contribution in [0.5, 0.6) is 0 Å². The third-order valence-corrected chi connectivity index (χ3v) is 15.5. The SMILES string of the molecule is Cc1cc(C2=C(C=C[C@@H]3C[C@@H](O[Si](c4ccccc4)(c4ccccc4)C(C)(C)C)CC(=O)O3)C(C)(C)CC(OC(=O)Nc3ccccc3)C2)ccc1F. The number of halogens is 1. The number of hydrogen-bond donors (Lipinski definition) is 1. The first kappa shape index (κ1) is 37.9. The van der Waals surface area contributed by atoms with E-state index in [9.17, 15) is 14.0 Å². The third kappa shape index (κ3) is 8.55. The number of rotatable bonds is 9. The largest absolute Gasteiger partial charge is 0.458 e. The molecular weight excluding hydrogens is 682 g/mol. The van der Waals surface area contributed by atoms with E-state index in [0.717, 1.165) is 27.1 Å². The molecule has 1 aliphatic carbocycles. The average molecular weight is 732 g/mol. The number of cyclic esters (lactones) is 1. The summed E-state index contributed by atoms with van der Waals surface area (Å²) in [5, 5.41) is 4.90. The van der Waals surface area contributed by atoms with Gasteiger partial charge in [0, 0.05) is 18.5 Å². The molecule has 3 atom stereocenters. The van der Waals surface area contributed by atoms with Gasteiger partial charge in [-0.2, -0.15) is 0 Å². The molecule has 4 aromatic rings. The van der Waals surface area contributed by atoms with Gasteiger partial charge in [-0.15, -0.1) is 0 Å². The van der Waals surface area contributed by atoms with E-state index in [1.807, 2.05) is 54.6 Å². The molecule has 4 aromatic carbocycles. The molecule has 8 heteroatoms. The number of carbonyl (C=O) groups is 2. The second kappa shape index (κ2) is 15.7. The maximum absolute atomic E-state index is 14.5. The highest BCUT2D eigenvalue weighted by molar-refractivity contribution is 6.99. The Bertz CT molecular complexity index is 1930. The van der Waals surface area contributed by atoms with Crippen molar-refractivity contribution in [2.24, 2.45) is 5.41 Å². The first-order chi connectivity index (χ1) is 25.2. The van der Waals surface area contributed by atoms with E-state index >= 15 is 0 Å². The summed E-state index contributed by atoms with van der Waals surface area (Å²) >= 11 is 0. The summed E-state index contributed by atoms with van der Waals surface area (Å²) in [7, 11) is -2.90. The minimum absolute atomic E-state index is 0.174. The maximum Gasteiger partial charge on any atom is 0.411 e. The molecule has 1 heterocycles. The zero-order valence-corrected chi connectivity index (χ0v) is 32.5. The number of benzene rings is 4. The first-order valence-electron chi connectivity index (χ1n) is 18.4. The second-order valence-corrected chi connectivity index (χ2v) is 20.1. The van der Waals surface area contributed by atoms with Crippen molar-refractivity contribution in [2.45, 2.75) is 90.6 Å². The first-order valence-corrected chi connectivity index (χ1v) is 20.4. The van der Waals surface area contributed by atoms with Gasteiger partial charge in [0.2, 0.25) is 0 Å².